The van der Waals surface area contributed by atoms with E-state index < -0.39 is 11.9 Å². The minimum Gasteiger partial charge on any atom is -0.382 e. The topological polar surface area (TPSA) is 66.7 Å². The highest BCUT2D eigenvalue weighted by Gasteiger charge is 2.33. The average Bonchev–Trinajstić information content (AvgIpc) is 2.75. The molecule has 0 aliphatic heterocycles. The summed E-state index contributed by atoms with van der Waals surface area (Å²) in [6.07, 6.45) is -3.49. The lowest BCUT2D eigenvalue weighted by molar-refractivity contribution is -0.0952. The zero-order chi connectivity index (χ0) is 14.9. The molecule has 2 rings (SSSR count). The number of nitrogen functional groups attached to an aromatic ring is 1. The van der Waals surface area contributed by atoms with E-state index in [1.54, 1.807) is 18.2 Å². The van der Waals surface area contributed by atoms with Crippen LogP contribution in [0, 0.1) is 0 Å². The molecule has 20 heavy (non-hydrogen) atoms. The van der Waals surface area contributed by atoms with E-state index in [-0.39, 0.29) is 11.5 Å². The van der Waals surface area contributed by atoms with Crippen molar-refractivity contribution in [2.45, 2.75) is 13.1 Å². The van der Waals surface area contributed by atoms with Crippen LogP contribution in [0.3, 0.4) is 0 Å². The molecule has 2 aromatic rings. The fraction of sp³-hybridized carbons (Fsp3) is 0.154. The first-order chi connectivity index (χ1) is 9.32. The first-order valence-electron chi connectivity index (χ1n) is 5.76. The predicted octanol–water partition coefficient (Wildman–Crippen LogP) is 3.17. The van der Waals surface area contributed by atoms with Crippen LogP contribution in [-0.2, 0) is 0 Å². The van der Waals surface area contributed by atoms with Gasteiger partial charge in [-0.3, -0.25) is 5.10 Å². The monoisotopic (exact) mass is 282 g/mol. The number of aromatic amines is 1. The third-order valence-electron chi connectivity index (χ3n) is 2.82. The van der Waals surface area contributed by atoms with Crippen molar-refractivity contribution in [3.8, 4) is 0 Å². The van der Waals surface area contributed by atoms with Crippen LogP contribution < -0.4 is 11.1 Å². The smallest absolute Gasteiger partial charge is 0.382 e. The zero-order valence-electron chi connectivity index (χ0n) is 10.7. The number of H-pyrrole nitrogens is 1. The molecule has 0 aliphatic carbocycles. The summed E-state index contributed by atoms with van der Waals surface area (Å²) in [4.78, 5) is 0. The Kier molecular flexibility index (Phi) is 3.44. The van der Waals surface area contributed by atoms with E-state index in [0.717, 1.165) is 6.08 Å². The number of aromatic nitrogens is 2. The van der Waals surface area contributed by atoms with Gasteiger partial charge in [0.25, 0.3) is 0 Å². The highest BCUT2D eigenvalue weighted by Crippen LogP contribution is 2.27. The van der Waals surface area contributed by atoms with Crippen LogP contribution in [0.4, 0.5) is 19.0 Å². The zero-order valence-corrected chi connectivity index (χ0v) is 10.7. The number of nitrogens with one attached hydrogen (secondary N) is 2. The molecule has 4 N–H and O–H groups in total. The van der Waals surface area contributed by atoms with E-state index in [1.165, 1.54) is 6.92 Å². The van der Waals surface area contributed by atoms with E-state index in [9.17, 15) is 13.2 Å². The van der Waals surface area contributed by atoms with Gasteiger partial charge in [-0.2, -0.15) is 18.3 Å². The molecule has 0 atom stereocenters. The van der Waals surface area contributed by atoms with E-state index in [0.29, 0.717) is 16.5 Å². The first kappa shape index (κ1) is 14.0. The molecule has 1 heterocycles. The molecule has 0 bridgehead atoms. The summed E-state index contributed by atoms with van der Waals surface area (Å²) >= 11 is 0. The number of benzene rings is 1. The Hall–Kier alpha value is -2.44. The summed E-state index contributed by atoms with van der Waals surface area (Å²) in [7, 11) is 0. The second-order valence-electron chi connectivity index (χ2n) is 4.17. The summed E-state index contributed by atoms with van der Waals surface area (Å²) in [6, 6.07) is 4.95. The molecule has 0 amide bonds. The maximum absolute atomic E-state index is 12.7. The highest BCUT2D eigenvalue weighted by molar-refractivity contribution is 5.91. The van der Waals surface area contributed by atoms with E-state index >= 15 is 0 Å². The van der Waals surface area contributed by atoms with Crippen LogP contribution in [0.2, 0.25) is 0 Å². The van der Waals surface area contributed by atoms with Gasteiger partial charge in [-0.15, -0.1) is 0 Å². The number of anilines is 1. The van der Waals surface area contributed by atoms with Gasteiger partial charge < -0.3 is 11.1 Å². The average molecular weight is 282 g/mol. The number of hydrogen-bond acceptors (Lipinski definition) is 3. The lowest BCUT2D eigenvalue weighted by atomic mass is 10.1. The fourth-order valence-corrected chi connectivity index (χ4v) is 1.76. The standard InChI is InChI=1S/C13H13F3N4/c1-3-11(13(14,15)16)18-7(2)8-4-5-10-9(6-8)12(17)20-19-10/h3-6,18H,2H2,1H3,(H3,17,19,20)/b11-3-. The van der Waals surface area contributed by atoms with Crippen molar-refractivity contribution in [1.82, 2.24) is 15.5 Å². The van der Waals surface area contributed by atoms with Crippen molar-refractivity contribution in [2.24, 2.45) is 0 Å². The minimum absolute atomic E-state index is 0.137. The van der Waals surface area contributed by atoms with Gasteiger partial charge in [0.15, 0.2) is 5.82 Å². The van der Waals surface area contributed by atoms with Crippen LogP contribution >= 0.6 is 0 Å². The van der Waals surface area contributed by atoms with Gasteiger partial charge in [-0.1, -0.05) is 18.7 Å². The molecule has 0 saturated heterocycles. The largest absolute Gasteiger partial charge is 0.430 e. The van der Waals surface area contributed by atoms with Gasteiger partial charge in [0.05, 0.1) is 5.52 Å². The van der Waals surface area contributed by atoms with Gasteiger partial charge in [0.2, 0.25) is 0 Å². The van der Waals surface area contributed by atoms with Gasteiger partial charge in [0.1, 0.15) is 5.70 Å². The normalized spacial score (nSPS) is 12.7. The van der Waals surface area contributed by atoms with E-state index in [1.807, 2.05) is 0 Å². The Balaban J connectivity index is 2.29. The molecule has 0 radical (unpaired) electrons. The molecule has 7 heteroatoms. The van der Waals surface area contributed by atoms with Crippen LogP contribution in [0.15, 0.2) is 36.6 Å². The fourth-order valence-electron chi connectivity index (χ4n) is 1.76. The molecule has 0 fully saturated rings. The summed E-state index contributed by atoms with van der Waals surface area (Å²) in [5, 5.41) is 9.45. The second-order valence-corrected chi connectivity index (χ2v) is 4.17. The molecule has 4 nitrogen and oxygen atoms in total. The molecule has 0 saturated carbocycles. The van der Waals surface area contributed by atoms with Crippen LogP contribution in [0.5, 0.6) is 0 Å². The Morgan fingerprint density at radius 1 is 1.45 bits per heavy atom. The number of halogens is 3. The maximum atomic E-state index is 12.7. The number of fused-ring (bicyclic) bond motifs is 1. The molecule has 0 aliphatic rings. The van der Waals surface area contributed by atoms with Crippen molar-refractivity contribution >= 4 is 22.4 Å². The first-order valence-corrected chi connectivity index (χ1v) is 5.76. The third-order valence-corrected chi connectivity index (χ3v) is 2.82. The van der Waals surface area contributed by atoms with Gasteiger partial charge in [-0.25, -0.2) is 0 Å². The lowest BCUT2D eigenvalue weighted by Gasteiger charge is -2.15. The Morgan fingerprint density at radius 3 is 2.75 bits per heavy atom. The molecule has 106 valence electrons. The quantitative estimate of drug-likeness (QED) is 0.810. The maximum Gasteiger partial charge on any atom is 0.430 e. The van der Waals surface area contributed by atoms with Gasteiger partial charge in [-0.05, 0) is 24.6 Å². The van der Waals surface area contributed by atoms with E-state index in [2.05, 4.69) is 22.1 Å². The number of hydrogen-bond donors (Lipinski definition) is 3. The Bertz CT molecular complexity index is 682. The summed E-state index contributed by atoms with van der Waals surface area (Å²) in [5.74, 6) is 0.289. The van der Waals surface area contributed by atoms with E-state index in [4.69, 9.17) is 5.73 Å². The summed E-state index contributed by atoms with van der Waals surface area (Å²) in [5.41, 5.74) is 6.15. The van der Waals surface area contributed by atoms with Crippen molar-refractivity contribution < 1.29 is 13.2 Å². The summed E-state index contributed by atoms with van der Waals surface area (Å²) < 4.78 is 38.0. The highest BCUT2D eigenvalue weighted by atomic mass is 19.4. The molecule has 0 spiro atoms. The third kappa shape index (κ3) is 2.61. The lowest BCUT2D eigenvalue weighted by Crippen LogP contribution is -2.24. The number of nitrogens with zero attached hydrogens (tertiary/aromatic N) is 1. The number of rotatable bonds is 3. The van der Waals surface area contributed by atoms with Gasteiger partial charge in [0, 0.05) is 11.1 Å². The molecule has 0 unspecified atom stereocenters. The van der Waals surface area contributed by atoms with Crippen molar-refractivity contribution in [2.75, 3.05) is 5.73 Å². The molecule has 1 aromatic carbocycles. The van der Waals surface area contributed by atoms with Crippen molar-refractivity contribution in [3.05, 3.63) is 42.1 Å². The molecular formula is C13H13F3N4. The minimum atomic E-state index is -4.45. The Morgan fingerprint density at radius 2 is 2.15 bits per heavy atom. The van der Waals surface area contributed by atoms with Crippen LogP contribution in [0.1, 0.15) is 12.5 Å². The number of nitrogens with two attached hydrogens (primary N) is 1. The number of allylic oxidation sites excluding steroid dienone is 2. The second kappa shape index (κ2) is 4.92. The van der Waals surface area contributed by atoms with Gasteiger partial charge >= 0.3 is 6.18 Å². The van der Waals surface area contributed by atoms with Crippen LogP contribution in [0.25, 0.3) is 16.6 Å². The number of alkyl halides is 3. The van der Waals surface area contributed by atoms with Crippen molar-refractivity contribution in [3.63, 3.8) is 0 Å². The molecule has 1 aromatic heterocycles. The Labute approximate surface area is 113 Å². The van der Waals surface area contributed by atoms with Crippen LogP contribution in [-0.4, -0.2) is 16.4 Å². The summed E-state index contributed by atoms with van der Waals surface area (Å²) in [6.45, 7) is 4.93. The SMILES string of the molecule is C=C(N/C(=C\C)C(F)(F)F)c1ccc2[nH]nc(N)c2c1. The predicted molar refractivity (Wildman–Crippen MR) is 72.5 cm³/mol. The molecular weight excluding hydrogens is 269 g/mol. The van der Waals surface area contributed by atoms with Crippen molar-refractivity contribution in [1.29, 1.82) is 0 Å².